The SMILES string of the molecule is CN1CCC(OCc2nc(-c3ccc(Oc4ccccc4C(F)(F)F)nc3)no2)CC1. The first-order chi connectivity index (χ1) is 14.9. The van der Waals surface area contributed by atoms with Crippen LogP contribution in [0.5, 0.6) is 11.6 Å². The summed E-state index contributed by atoms with van der Waals surface area (Å²) in [6.45, 7) is 2.21. The van der Waals surface area contributed by atoms with Crippen LogP contribution in [0.15, 0.2) is 47.1 Å². The van der Waals surface area contributed by atoms with Crippen molar-refractivity contribution >= 4 is 0 Å². The monoisotopic (exact) mass is 434 g/mol. The second kappa shape index (κ2) is 9.03. The molecule has 10 heteroatoms. The van der Waals surface area contributed by atoms with E-state index < -0.39 is 11.7 Å². The van der Waals surface area contributed by atoms with Crippen LogP contribution in [0.3, 0.4) is 0 Å². The van der Waals surface area contributed by atoms with Gasteiger partial charge in [0.15, 0.2) is 0 Å². The van der Waals surface area contributed by atoms with Crippen molar-refractivity contribution in [3.05, 3.63) is 54.0 Å². The van der Waals surface area contributed by atoms with Crippen LogP contribution in [0.25, 0.3) is 11.4 Å². The maximum atomic E-state index is 13.1. The van der Waals surface area contributed by atoms with Crippen LogP contribution in [0.1, 0.15) is 24.3 Å². The number of benzene rings is 1. The Morgan fingerprint density at radius 2 is 1.90 bits per heavy atom. The number of hydrogen-bond donors (Lipinski definition) is 0. The summed E-state index contributed by atoms with van der Waals surface area (Å²) in [7, 11) is 2.08. The number of hydrogen-bond acceptors (Lipinski definition) is 7. The van der Waals surface area contributed by atoms with E-state index in [1.807, 2.05) is 0 Å². The summed E-state index contributed by atoms with van der Waals surface area (Å²) in [5.41, 5.74) is -0.320. The number of alkyl halides is 3. The van der Waals surface area contributed by atoms with Gasteiger partial charge in [0.25, 0.3) is 5.89 Å². The molecule has 3 heterocycles. The van der Waals surface area contributed by atoms with Crippen molar-refractivity contribution < 1.29 is 27.2 Å². The molecule has 4 rings (SSSR count). The number of halogens is 3. The molecule has 1 saturated heterocycles. The Bertz CT molecular complexity index is 1000. The summed E-state index contributed by atoms with van der Waals surface area (Å²) in [5.74, 6) is 0.378. The highest BCUT2D eigenvalue weighted by molar-refractivity contribution is 5.53. The number of aromatic nitrogens is 3. The van der Waals surface area contributed by atoms with Crippen LogP contribution in [0.2, 0.25) is 0 Å². The minimum atomic E-state index is -4.52. The maximum absolute atomic E-state index is 13.1. The van der Waals surface area contributed by atoms with Crippen molar-refractivity contribution in [3.8, 4) is 23.0 Å². The van der Waals surface area contributed by atoms with Crippen LogP contribution in [0, 0.1) is 0 Å². The lowest BCUT2D eigenvalue weighted by molar-refractivity contribution is -0.138. The van der Waals surface area contributed by atoms with Gasteiger partial charge in [-0.2, -0.15) is 18.2 Å². The molecule has 0 aliphatic carbocycles. The van der Waals surface area contributed by atoms with Crippen molar-refractivity contribution in [2.24, 2.45) is 0 Å². The van der Waals surface area contributed by atoms with Gasteiger partial charge < -0.3 is 18.9 Å². The molecule has 0 radical (unpaired) electrons. The van der Waals surface area contributed by atoms with Crippen molar-refractivity contribution in [1.82, 2.24) is 20.0 Å². The highest BCUT2D eigenvalue weighted by Gasteiger charge is 2.34. The molecule has 0 unspecified atom stereocenters. The van der Waals surface area contributed by atoms with Crippen molar-refractivity contribution in [3.63, 3.8) is 0 Å². The Kier molecular flexibility index (Phi) is 6.19. The Balaban J connectivity index is 1.38. The smallest absolute Gasteiger partial charge is 0.419 e. The topological polar surface area (TPSA) is 73.5 Å². The van der Waals surface area contributed by atoms with E-state index in [4.69, 9.17) is 14.0 Å². The zero-order chi connectivity index (χ0) is 21.8. The lowest BCUT2D eigenvalue weighted by atomic mass is 10.1. The van der Waals surface area contributed by atoms with Crippen LogP contribution in [-0.2, 0) is 17.5 Å². The third-order valence-corrected chi connectivity index (χ3v) is 4.98. The molecular weight excluding hydrogens is 413 g/mol. The van der Waals surface area contributed by atoms with E-state index in [1.165, 1.54) is 30.5 Å². The fraction of sp³-hybridized carbons (Fsp3) is 0.381. The predicted molar refractivity (Wildman–Crippen MR) is 104 cm³/mol. The number of rotatable bonds is 6. The summed E-state index contributed by atoms with van der Waals surface area (Å²) >= 11 is 0. The molecule has 0 spiro atoms. The number of likely N-dealkylation sites (tertiary alicyclic amines) is 1. The van der Waals surface area contributed by atoms with Gasteiger partial charge in [0, 0.05) is 30.9 Å². The molecule has 1 aromatic carbocycles. The zero-order valence-electron chi connectivity index (χ0n) is 16.8. The average Bonchev–Trinajstić information content (AvgIpc) is 3.23. The van der Waals surface area contributed by atoms with Crippen molar-refractivity contribution in [2.45, 2.75) is 31.7 Å². The molecule has 3 aromatic rings. The molecule has 0 amide bonds. The zero-order valence-corrected chi connectivity index (χ0v) is 16.8. The van der Waals surface area contributed by atoms with E-state index in [0.29, 0.717) is 17.3 Å². The van der Waals surface area contributed by atoms with Gasteiger partial charge in [0.1, 0.15) is 12.4 Å². The highest BCUT2D eigenvalue weighted by Crippen LogP contribution is 2.37. The largest absolute Gasteiger partial charge is 0.438 e. The van der Waals surface area contributed by atoms with Crippen LogP contribution in [-0.4, -0.2) is 46.3 Å². The van der Waals surface area contributed by atoms with Gasteiger partial charge in [-0.05, 0) is 38.1 Å². The molecule has 0 bridgehead atoms. The van der Waals surface area contributed by atoms with Crippen molar-refractivity contribution in [2.75, 3.05) is 20.1 Å². The molecule has 0 saturated carbocycles. The average molecular weight is 434 g/mol. The van der Waals surface area contributed by atoms with Gasteiger partial charge in [-0.15, -0.1) is 0 Å². The van der Waals surface area contributed by atoms with E-state index in [0.717, 1.165) is 32.0 Å². The number of piperidine rings is 1. The molecule has 1 aliphatic heterocycles. The molecule has 0 atom stereocenters. The number of ether oxygens (including phenoxy) is 2. The fourth-order valence-corrected chi connectivity index (χ4v) is 3.25. The molecule has 1 aliphatic rings. The molecule has 1 fully saturated rings. The maximum Gasteiger partial charge on any atom is 0.419 e. The number of pyridine rings is 1. The lowest BCUT2D eigenvalue weighted by Gasteiger charge is -2.28. The fourth-order valence-electron chi connectivity index (χ4n) is 3.25. The first-order valence-electron chi connectivity index (χ1n) is 9.82. The molecular formula is C21H21F3N4O3. The first kappa shape index (κ1) is 21.3. The molecule has 7 nitrogen and oxygen atoms in total. The summed E-state index contributed by atoms with van der Waals surface area (Å²) in [4.78, 5) is 10.6. The minimum absolute atomic E-state index is 0.0229. The second-order valence-corrected chi connectivity index (χ2v) is 7.31. The van der Waals surface area contributed by atoms with E-state index in [9.17, 15) is 13.2 Å². The third kappa shape index (κ3) is 5.39. The molecule has 2 aromatic heterocycles. The Morgan fingerprint density at radius 3 is 2.61 bits per heavy atom. The van der Waals surface area contributed by atoms with E-state index in [2.05, 4.69) is 27.1 Å². The third-order valence-electron chi connectivity index (χ3n) is 4.98. The predicted octanol–water partition coefficient (Wildman–Crippen LogP) is 4.55. The van der Waals surface area contributed by atoms with Gasteiger partial charge >= 0.3 is 6.18 Å². The number of para-hydroxylation sites is 1. The van der Waals surface area contributed by atoms with Crippen molar-refractivity contribution in [1.29, 1.82) is 0 Å². The number of nitrogens with zero attached hydrogens (tertiary/aromatic N) is 4. The standard InChI is InChI=1S/C21H21F3N4O3/c1-28-10-8-15(9-11-28)29-13-19-26-20(27-31-19)14-6-7-18(25-12-14)30-17-5-3-2-4-16(17)21(22,23)24/h2-7,12,15H,8-11,13H2,1H3. The van der Waals surface area contributed by atoms with Gasteiger partial charge in [0.05, 0.1) is 11.7 Å². The molecule has 0 N–H and O–H groups in total. The van der Waals surface area contributed by atoms with Crippen LogP contribution in [0.4, 0.5) is 13.2 Å². The second-order valence-electron chi connectivity index (χ2n) is 7.31. The first-order valence-corrected chi connectivity index (χ1v) is 9.82. The Labute approximate surface area is 176 Å². The lowest BCUT2D eigenvalue weighted by Crippen LogP contribution is -2.34. The van der Waals surface area contributed by atoms with E-state index >= 15 is 0 Å². The quantitative estimate of drug-likeness (QED) is 0.563. The van der Waals surface area contributed by atoms with Crippen LogP contribution >= 0.6 is 0 Å². The van der Waals surface area contributed by atoms with Gasteiger partial charge in [0.2, 0.25) is 11.7 Å². The van der Waals surface area contributed by atoms with Gasteiger partial charge in [-0.1, -0.05) is 17.3 Å². The molecule has 164 valence electrons. The van der Waals surface area contributed by atoms with Crippen LogP contribution < -0.4 is 4.74 Å². The van der Waals surface area contributed by atoms with Gasteiger partial charge in [-0.25, -0.2) is 4.98 Å². The summed E-state index contributed by atoms with van der Waals surface area (Å²) in [6, 6.07) is 8.02. The summed E-state index contributed by atoms with van der Waals surface area (Å²) in [6.07, 6.45) is -1.02. The van der Waals surface area contributed by atoms with E-state index in [1.54, 1.807) is 6.07 Å². The Hall–Kier alpha value is -2.98. The Morgan fingerprint density at radius 1 is 1.13 bits per heavy atom. The highest BCUT2D eigenvalue weighted by atomic mass is 19.4. The normalized spacial score (nSPS) is 15.9. The van der Waals surface area contributed by atoms with Gasteiger partial charge in [-0.3, -0.25) is 0 Å². The minimum Gasteiger partial charge on any atom is -0.438 e. The summed E-state index contributed by atoms with van der Waals surface area (Å²) in [5, 5.41) is 3.92. The molecule has 31 heavy (non-hydrogen) atoms. The summed E-state index contributed by atoms with van der Waals surface area (Å²) < 4.78 is 55.7. The van der Waals surface area contributed by atoms with E-state index in [-0.39, 0.29) is 24.3 Å².